The summed E-state index contributed by atoms with van der Waals surface area (Å²) in [4.78, 5) is 12.6. The van der Waals surface area contributed by atoms with Gasteiger partial charge in [-0.05, 0) is 63.1 Å². The third kappa shape index (κ3) is 5.22. The van der Waals surface area contributed by atoms with Crippen molar-refractivity contribution in [1.29, 1.82) is 0 Å². The van der Waals surface area contributed by atoms with Gasteiger partial charge in [0, 0.05) is 17.3 Å². The largest absolute Gasteiger partial charge is 0.489 e. The quantitative estimate of drug-likeness (QED) is 0.729. The second kappa shape index (κ2) is 7.88. The highest BCUT2D eigenvalue weighted by Gasteiger charge is 2.28. The van der Waals surface area contributed by atoms with E-state index in [4.69, 9.17) is 16.3 Å². The molecule has 0 bridgehead atoms. The number of ether oxygens (including phenoxy) is 1. The third-order valence-electron chi connectivity index (χ3n) is 3.86. The lowest BCUT2D eigenvalue weighted by atomic mass is 10.2. The van der Waals surface area contributed by atoms with Crippen LogP contribution >= 0.6 is 11.6 Å². The summed E-state index contributed by atoms with van der Waals surface area (Å²) in [7, 11) is -3.62. The topological polar surface area (TPSA) is 84.5 Å². The van der Waals surface area contributed by atoms with Crippen LogP contribution in [-0.4, -0.2) is 26.5 Å². The average Bonchev–Trinajstić information content (AvgIpc) is 3.40. The van der Waals surface area contributed by atoms with Gasteiger partial charge in [-0.3, -0.25) is 4.79 Å². The SMILES string of the molecule is CC(C)Oc1ccc(NC(=O)c2cccc(S(=O)(=O)NC3CC3)c2)cc1Cl. The van der Waals surface area contributed by atoms with E-state index >= 15 is 0 Å². The van der Waals surface area contributed by atoms with Crippen molar-refractivity contribution in [2.45, 2.75) is 43.7 Å². The number of nitrogens with one attached hydrogen (secondary N) is 2. The van der Waals surface area contributed by atoms with Crippen molar-refractivity contribution < 1.29 is 17.9 Å². The molecule has 1 saturated carbocycles. The predicted octanol–water partition coefficient (Wildman–Crippen LogP) is 3.82. The van der Waals surface area contributed by atoms with Gasteiger partial charge in [-0.25, -0.2) is 13.1 Å². The lowest BCUT2D eigenvalue weighted by Gasteiger charge is -2.13. The van der Waals surface area contributed by atoms with Gasteiger partial charge >= 0.3 is 0 Å². The zero-order valence-corrected chi connectivity index (χ0v) is 16.6. The Kier molecular flexibility index (Phi) is 5.74. The number of rotatable bonds is 7. The summed E-state index contributed by atoms with van der Waals surface area (Å²) in [6, 6.07) is 10.9. The molecule has 0 aromatic heterocycles. The van der Waals surface area contributed by atoms with Crippen LogP contribution in [0.1, 0.15) is 37.0 Å². The van der Waals surface area contributed by atoms with Crippen molar-refractivity contribution in [3.63, 3.8) is 0 Å². The minimum absolute atomic E-state index is 0.00111. The Labute approximate surface area is 163 Å². The Morgan fingerprint density at radius 2 is 1.93 bits per heavy atom. The van der Waals surface area contributed by atoms with Crippen molar-refractivity contribution >= 4 is 33.2 Å². The van der Waals surface area contributed by atoms with Crippen LogP contribution in [0.2, 0.25) is 5.02 Å². The molecule has 1 fully saturated rings. The van der Waals surface area contributed by atoms with E-state index in [-0.39, 0.29) is 22.6 Å². The van der Waals surface area contributed by atoms with Gasteiger partial charge in [0.2, 0.25) is 10.0 Å². The number of halogens is 1. The number of amides is 1. The Bertz CT molecular complexity index is 956. The third-order valence-corrected chi connectivity index (χ3v) is 5.67. The first kappa shape index (κ1) is 19.7. The number of anilines is 1. The minimum Gasteiger partial charge on any atom is -0.489 e. The zero-order chi connectivity index (χ0) is 19.6. The molecule has 1 aliphatic carbocycles. The van der Waals surface area contributed by atoms with Crippen molar-refractivity contribution in [2.75, 3.05) is 5.32 Å². The average molecular weight is 409 g/mol. The summed E-state index contributed by atoms with van der Waals surface area (Å²) in [6.45, 7) is 3.79. The summed E-state index contributed by atoms with van der Waals surface area (Å²) < 4.78 is 32.8. The van der Waals surface area contributed by atoms with Gasteiger partial charge in [-0.1, -0.05) is 17.7 Å². The van der Waals surface area contributed by atoms with Gasteiger partial charge in [0.25, 0.3) is 5.91 Å². The molecule has 3 rings (SSSR count). The van der Waals surface area contributed by atoms with Crippen molar-refractivity contribution in [3.05, 3.63) is 53.1 Å². The first-order chi connectivity index (χ1) is 12.7. The van der Waals surface area contributed by atoms with Crippen LogP contribution in [0.25, 0.3) is 0 Å². The van der Waals surface area contributed by atoms with Crippen LogP contribution in [0, 0.1) is 0 Å². The van der Waals surface area contributed by atoms with Gasteiger partial charge in [0.05, 0.1) is 16.0 Å². The molecule has 1 amide bonds. The van der Waals surface area contributed by atoms with Crippen LogP contribution in [-0.2, 0) is 10.0 Å². The molecule has 0 saturated heterocycles. The molecule has 0 radical (unpaired) electrons. The van der Waals surface area contributed by atoms with E-state index in [2.05, 4.69) is 10.0 Å². The predicted molar refractivity (Wildman–Crippen MR) is 105 cm³/mol. The molecule has 144 valence electrons. The van der Waals surface area contributed by atoms with E-state index in [0.29, 0.717) is 16.5 Å². The van der Waals surface area contributed by atoms with Gasteiger partial charge in [-0.2, -0.15) is 0 Å². The molecule has 2 N–H and O–H groups in total. The monoisotopic (exact) mass is 408 g/mol. The Morgan fingerprint density at radius 3 is 2.56 bits per heavy atom. The Hall–Kier alpha value is -2.09. The Balaban J connectivity index is 1.74. The van der Waals surface area contributed by atoms with Gasteiger partial charge in [0.15, 0.2) is 0 Å². The van der Waals surface area contributed by atoms with E-state index in [0.717, 1.165) is 12.8 Å². The normalized spacial score (nSPS) is 14.2. The van der Waals surface area contributed by atoms with Crippen LogP contribution < -0.4 is 14.8 Å². The van der Waals surface area contributed by atoms with Gasteiger partial charge in [0.1, 0.15) is 5.75 Å². The van der Waals surface area contributed by atoms with E-state index in [9.17, 15) is 13.2 Å². The van der Waals surface area contributed by atoms with Crippen molar-refractivity contribution in [3.8, 4) is 5.75 Å². The number of carbonyl (C=O) groups is 1. The number of hydrogen-bond acceptors (Lipinski definition) is 4. The number of carbonyl (C=O) groups excluding carboxylic acids is 1. The molecule has 0 spiro atoms. The molecule has 2 aromatic carbocycles. The summed E-state index contributed by atoms with van der Waals surface area (Å²) in [5, 5.41) is 3.10. The molecule has 6 nitrogen and oxygen atoms in total. The minimum atomic E-state index is -3.62. The summed E-state index contributed by atoms with van der Waals surface area (Å²) >= 11 is 6.18. The molecule has 27 heavy (non-hydrogen) atoms. The second-order valence-corrected chi connectivity index (χ2v) is 8.81. The summed E-state index contributed by atoms with van der Waals surface area (Å²) in [5.41, 5.74) is 0.734. The molecular formula is C19H21ClN2O4S. The molecule has 2 aromatic rings. The van der Waals surface area contributed by atoms with Crippen LogP contribution in [0.5, 0.6) is 5.75 Å². The highest BCUT2D eigenvalue weighted by molar-refractivity contribution is 7.89. The van der Waals surface area contributed by atoms with E-state index in [1.54, 1.807) is 30.3 Å². The smallest absolute Gasteiger partial charge is 0.255 e. The van der Waals surface area contributed by atoms with Crippen molar-refractivity contribution in [2.24, 2.45) is 0 Å². The fourth-order valence-corrected chi connectivity index (χ4v) is 4.00. The Morgan fingerprint density at radius 1 is 1.19 bits per heavy atom. The maximum absolute atomic E-state index is 12.5. The number of sulfonamides is 1. The highest BCUT2D eigenvalue weighted by atomic mass is 35.5. The lowest BCUT2D eigenvalue weighted by molar-refractivity contribution is 0.102. The summed E-state index contributed by atoms with van der Waals surface area (Å²) in [5.74, 6) is 0.107. The maximum Gasteiger partial charge on any atom is 0.255 e. The molecular weight excluding hydrogens is 388 g/mol. The van der Waals surface area contributed by atoms with E-state index in [1.807, 2.05) is 13.8 Å². The molecule has 0 heterocycles. The maximum atomic E-state index is 12.5. The van der Waals surface area contributed by atoms with Crippen LogP contribution in [0.3, 0.4) is 0 Å². The second-order valence-electron chi connectivity index (χ2n) is 6.69. The highest BCUT2D eigenvalue weighted by Crippen LogP contribution is 2.29. The van der Waals surface area contributed by atoms with Gasteiger partial charge < -0.3 is 10.1 Å². The fraction of sp³-hybridized carbons (Fsp3) is 0.316. The molecule has 0 atom stereocenters. The lowest BCUT2D eigenvalue weighted by Crippen LogP contribution is -2.26. The molecule has 0 unspecified atom stereocenters. The number of hydrogen-bond donors (Lipinski definition) is 2. The number of benzene rings is 2. The molecule has 8 heteroatoms. The van der Waals surface area contributed by atoms with Gasteiger partial charge in [-0.15, -0.1) is 0 Å². The van der Waals surface area contributed by atoms with Crippen LogP contribution in [0.4, 0.5) is 5.69 Å². The first-order valence-corrected chi connectivity index (χ1v) is 10.5. The zero-order valence-electron chi connectivity index (χ0n) is 15.0. The van der Waals surface area contributed by atoms with E-state index in [1.165, 1.54) is 12.1 Å². The van der Waals surface area contributed by atoms with Crippen LogP contribution in [0.15, 0.2) is 47.4 Å². The molecule has 0 aliphatic heterocycles. The van der Waals surface area contributed by atoms with Crippen molar-refractivity contribution in [1.82, 2.24) is 4.72 Å². The fourth-order valence-electron chi connectivity index (χ4n) is 2.42. The molecule has 1 aliphatic rings. The standard InChI is InChI=1S/C19H21ClN2O4S/c1-12(2)26-18-9-8-15(11-17(18)20)21-19(23)13-4-3-5-16(10-13)27(24,25)22-14-6-7-14/h3-5,8-12,14,22H,6-7H2,1-2H3,(H,21,23). The van der Waals surface area contributed by atoms with E-state index < -0.39 is 15.9 Å². The first-order valence-electron chi connectivity index (χ1n) is 8.64. The summed E-state index contributed by atoms with van der Waals surface area (Å²) in [6.07, 6.45) is 1.67.